The van der Waals surface area contributed by atoms with Crippen LogP contribution in [0.2, 0.25) is 0 Å². The molecule has 0 aliphatic rings. The van der Waals surface area contributed by atoms with E-state index >= 15 is 0 Å². The van der Waals surface area contributed by atoms with Crippen LogP contribution in [0.3, 0.4) is 0 Å². The first-order chi connectivity index (χ1) is 16.0. The standard InChI is InChI=1S/C25H28N2O5S/c1-3-31-23-16-15-20(17-24(23)32-4-2)18-26-25(28)19-27(21-11-7-5-8-12-21)33(29,30)22-13-9-6-10-14-22/h5-17H,3-4,18-19H2,1-2H3,(H,26,28). The number of carbonyl (C=O) groups is 1. The SMILES string of the molecule is CCOc1ccc(CNC(=O)CN(c2ccccc2)S(=O)(=O)c2ccccc2)cc1OCC. The summed E-state index contributed by atoms with van der Waals surface area (Å²) in [6.45, 7) is 4.65. The number of amides is 1. The number of sulfonamides is 1. The van der Waals surface area contributed by atoms with Crippen molar-refractivity contribution < 1.29 is 22.7 Å². The summed E-state index contributed by atoms with van der Waals surface area (Å²) in [6.07, 6.45) is 0. The van der Waals surface area contributed by atoms with Crippen molar-refractivity contribution in [2.75, 3.05) is 24.1 Å². The van der Waals surface area contributed by atoms with Crippen molar-refractivity contribution in [1.29, 1.82) is 0 Å². The van der Waals surface area contributed by atoms with Crippen LogP contribution >= 0.6 is 0 Å². The van der Waals surface area contributed by atoms with Gasteiger partial charge in [-0.3, -0.25) is 9.10 Å². The quantitative estimate of drug-likeness (QED) is 0.460. The van der Waals surface area contributed by atoms with Crippen LogP contribution in [-0.2, 0) is 21.4 Å². The zero-order valence-corrected chi connectivity index (χ0v) is 19.5. The molecule has 0 aromatic heterocycles. The molecule has 3 aromatic rings. The third-order valence-corrected chi connectivity index (χ3v) is 6.55. The van der Waals surface area contributed by atoms with Gasteiger partial charge in [-0.25, -0.2) is 8.42 Å². The van der Waals surface area contributed by atoms with Gasteiger partial charge in [-0.1, -0.05) is 42.5 Å². The van der Waals surface area contributed by atoms with Crippen LogP contribution in [0, 0.1) is 0 Å². The highest BCUT2D eigenvalue weighted by atomic mass is 32.2. The molecule has 1 N–H and O–H groups in total. The van der Waals surface area contributed by atoms with Gasteiger partial charge in [-0.2, -0.15) is 0 Å². The number of carbonyl (C=O) groups excluding carboxylic acids is 1. The number of hydrogen-bond acceptors (Lipinski definition) is 5. The molecule has 0 aliphatic heterocycles. The predicted molar refractivity (Wildman–Crippen MR) is 128 cm³/mol. The van der Waals surface area contributed by atoms with Crippen molar-refractivity contribution in [3.8, 4) is 11.5 Å². The van der Waals surface area contributed by atoms with Gasteiger partial charge in [-0.15, -0.1) is 0 Å². The van der Waals surface area contributed by atoms with Gasteiger partial charge in [0.15, 0.2) is 11.5 Å². The minimum atomic E-state index is -3.92. The van der Waals surface area contributed by atoms with E-state index in [1.165, 1.54) is 12.1 Å². The van der Waals surface area contributed by atoms with Crippen LogP contribution in [0.5, 0.6) is 11.5 Å². The summed E-state index contributed by atoms with van der Waals surface area (Å²) in [4.78, 5) is 12.9. The Morgan fingerprint density at radius 3 is 2.09 bits per heavy atom. The average Bonchev–Trinajstić information content (AvgIpc) is 2.84. The second-order valence-electron chi connectivity index (χ2n) is 7.08. The van der Waals surface area contributed by atoms with Crippen molar-refractivity contribution in [3.05, 3.63) is 84.4 Å². The molecule has 0 saturated carbocycles. The van der Waals surface area contributed by atoms with Crippen LogP contribution in [0.15, 0.2) is 83.8 Å². The van der Waals surface area contributed by atoms with Crippen molar-refractivity contribution in [3.63, 3.8) is 0 Å². The minimum Gasteiger partial charge on any atom is -0.490 e. The molecule has 3 aromatic carbocycles. The summed E-state index contributed by atoms with van der Waals surface area (Å²) in [7, 11) is -3.92. The van der Waals surface area contributed by atoms with E-state index < -0.39 is 15.9 Å². The molecule has 174 valence electrons. The first kappa shape index (κ1) is 24.1. The Kier molecular flexibility index (Phi) is 8.32. The van der Waals surface area contributed by atoms with Gasteiger partial charge in [0.05, 0.1) is 23.8 Å². The fourth-order valence-electron chi connectivity index (χ4n) is 3.22. The van der Waals surface area contributed by atoms with Crippen molar-refractivity contribution in [2.45, 2.75) is 25.3 Å². The molecule has 0 atom stereocenters. The van der Waals surface area contributed by atoms with Gasteiger partial charge in [-0.05, 0) is 55.8 Å². The van der Waals surface area contributed by atoms with E-state index in [0.29, 0.717) is 30.4 Å². The summed E-state index contributed by atoms with van der Waals surface area (Å²) in [5, 5.41) is 2.80. The number of nitrogens with one attached hydrogen (secondary N) is 1. The Balaban J connectivity index is 1.76. The molecule has 33 heavy (non-hydrogen) atoms. The Morgan fingerprint density at radius 1 is 0.848 bits per heavy atom. The number of para-hydroxylation sites is 1. The van der Waals surface area contributed by atoms with E-state index in [-0.39, 0.29) is 18.0 Å². The molecule has 0 bridgehead atoms. The summed E-state index contributed by atoms with van der Waals surface area (Å²) in [5.74, 6) is 0.813. The van der Waals surface area contributed by atoms with Crippen LogP contribution in [0.1, 0.15) is 19.4 Å². The highest BCUT2D eigenvalue weighted by Crippen LogP contribution is 2.28. The lowest BCUT2D eigenvalue weighted by atomic mass is 10.2. The van der Waals surface area contributed by atoms with Crippen molar-refractivity contribution >= 4 is 21.6 Å². The lowest BCUT2D eigenvalue weighted by Crippen LogP contribution is -2.40. The number of nitrogens with zero attached hydrogens (tertiary/aromatic N) is 1. The van der Waals surface area contributed by atoms with Crippen LogP contribution < -0.4 is 19.1 Å². The van der Waals surface area contributed by atoms with Gasteiger partial charge in [0.2, 0.25) is 5.91 Å². The van der Waals surface area contributed by atoms with E-state index in [1.54, 1.807) is 54.6 Å². The molecule has 7 nitrogen and oxygen atoms in total. The monoisotopic (exact) mass is 468 g/mol. The fraction of sp³-hybridized carbons (Fsp3) is 0.240. The molecule has 0 fully saturated rings. The molecule has 1 amide bonds. The second kappa shape index (κ2) is 11.4. The van der Waals surface area contributed by atoms with E-state index in [1.807, 2.05) is 26.0 Å². The Morgan fingerprint density at radius 2 is 1.45 bits per heavy atom. The molecule has 0 saturated heterocycles. The zero-order chi connectivity index (χ0) is 23.7. The van der Waals surface area contributed by atoms with Crippen LogP contribution in [0.25, 0.3) is 0 Å². The third kappa shape index (κ3) is 6.26. The summed E-state index contributed by atoms with van der Waals surface area (Å²) >= 11 is 0. The lowest BCUT2D eigenvalue weighted by Gasteiger charge is -2.24. The van der Waals surface area contributed by atoms with Crippen LogP contribution in [0.4, 0.5) is 5.69 Å². The van der Waals surface area contributed by atoms with Crippen LogP contribution in [-0.4, -0.2) is 34.1 Å². The van der Waals surface area contributed by atoms with Crippen molar-refractivity contribution in [2.24, 2.45) is 0 Å². The zero-order valence-electron chi connectivity index (χ0n) is 18.7. The minimum absolute atomic E-state index is 0.120. The Labute approximate surface area is 195 Å². The third-order valence-electron chi connectivity index (χ3n) is 4.76. The number of anilines is 1. The molecule has 0 unspecified atom stereocenters. The highest BCUT2D eigenvalue weighted by Gasteiger charge is 2.26. The van der Waals surface area contributed by atoms with Gasteiger partial charge in [0.1, 0.15) is 6.54 Å². The molecule has 0 aliphatic carbocycles. The maximum absolute atomic E-state index is 13.3. The molecule has 0 heterocycles. The first-order valence-electron chi connectivity index (χ1n) is 10.7. The molecule has 3 rings (SSSR count). The van der Waals surface area contributed by atoms with E-state index in [4.69, 9.17) is 9.47 Å². The second-order valence-corrected chi connectivity index (χ2v) is 8.95. The molecule has 0 spiro atoms. The van der Waals surface area contributed by atoms with Crippen molar-refractivity contribution in [1.82, 2.24) is 5.32 Å². The maximum Gasteiger partial charge on any atom is 0.264 e. The predicted octanol–water partition coefficient (Wildman–Crippen LogP) is 4.00. The number of rotatable bonds is 11. The average molecular weight is 469 g/mol. The maximum atomic E-state index is 13.3. The number of ether oxygens (including phenoxy) is 2. The molecule has 0 radical (unpaired) electrons. The summed E-state index contributed by atoms with van der Waals surface area (Å²) in [5.41, 5.74) is 1.23. The molecule has 8 heteroatoms. The lowest BCUT2D eigenvalue weighted by molar-refractivity contribution is -0.119. The summed E-state index contributed by atoms with van der Waals surface area (Å²) in [6, 6.07) is 22.1. The van der Waals surface area contributed by atoms with Gasteiger partial charge in [0, 0.05) is 6.54 Å². The van der Waals surface area contributed by atoms with Gasteiger partial charge < -0.3 is 14.8 Å². The van der Waals surface area contributed by atoms with E-state index in [9.17, 15) is 13.2 Å². The molecular formula is C25H28N2O5S. The normalized spacial score (nSPS) is 11.0. The Bertz CT molecular complexity index is 1150. The molecular weight excluding hydrogens is 440 g/mol. The topological polar surface area (TPSA) is 84.9 Å². The van der Waals surface area contributed by atoms with E-state index in [0.717, 1.165) is 9.87 Å². The highest BCUT2D eigenvalue weighted by molar-refractivity contribution is 7.92. The fourth-order valence-corrected chi connectivity index (χ4v) is 4.66. The Hall–Kier alpha value is -3.52. The largest absolute Gasteiger partial charge is 0.490 e. The summed E-state index contributed by atoms with van der Waals surface area (Å²) < 4.78 is 38.9. The first-order valence-corrected chi connectivity index (χ1v) is 12.2. The van der Waals surface area contributed by atoms with Gasteiger partial charge in [0.25, 0.3) is 10.0 Å². The number of hydrogen-bond donors (Lipinski definition) is 1. The smallest absolute Gasteiger partial charge is 0.264 e. The number of benzene rings is 3. The van der Waals surface area contributed by atoms with E-state index in [2.05, 4.69) is 5.32 Å². The van der Waals surface area contributed by atoms with Gasteiger partial charge >= 0.3 is 0 Å².